The molecule has 0 bridgehead atoms. The summed E-state index contributed by atoms with van der Waals surface area (Å²) in [6, 6.07) is 31.9. The summed E-state index contributed by atoms with van der Waals surface area (Å²) < 4.78 is 9.65. The molecule has 4 nitrogen and oxygen atoms in total. The third-order valence-corrected chi connectivity index (χ3v) is 7.83. The summed E-state index contributed by atoms with van der Waals surface area (Å²) in [5, 5.41) is 2.53. The van der Waals surface area contributed by atoms with Gasteiger partial charge in [-0.2, -0.15) is 0 Å². The van der Waals surface area contributed by atoms with Crippen molar-refractivity contribution in [1.29, 1.82) is 0 Å². The average Bonchev–Trinajstić information content (AvgIpc) is 2.92. The summed E-state index contributed by atoms with van der Waals surface area (Å²) in [5.41, 5.74) is 5.18. The minimum atomic E-state index is -0.570. The smallest absolute Gasteiger partial charge is 0.337 e. The number of hydrogen-bond donors (Lipinski definition) is 0. The number of benzene rings is 4. The Morgan fingerprint density at radius 3 is 1.41 bits per heavy atom. The van der Waals surface area contributed by atoms with Crippen LogP contribution in [0.2, 0.25) is 0 Å². The summed E-state index contributed by atoms with van der Waals surface area (Å²) in [4.78, 5) is 23.7. The Hall–Kier alpha value is -3.75. The van der Waals surface area contributed by atoms with E-state index >= 15 is 0 Å². The van der Waals surface area contributed by atoms with Crippen molar-refractivity contribution < 1.29 is 19.1 Å². The number of rotatable bonds is 6. The number of methoxy groups -OCH3 is 2. The van der Waals surface area contributed by atoms with Gasteiger partial charge in [-0.25, -0.2) is 9.59 Å². The van der Waals surface area contributed by atoms with E-state index in [-0.39, 0.29) is 11.9 Å². The Balaban J connectivity index is 1.79. The van der Waals surface area contributed by atoms with Crippen molar-refractivity contribution >= 4 is 30.5 Å². The van der Waals surface area contributed by atoms with E-state index in [0.717, 1.165) is 22.3 Å². The Morgan fingerprint density at radius 1 is 0.559 bits per heavy atom. The van der Waals surface area contributed by atoms with Gasteiger partial charge in [0.25, 0.3) is 0 Å². The molecule has 0 aliphatic rings. The number of carbonyl (C=O) groups is 2. The Kier molecular flexibility index (Phi) is 7.20. The van der Waals surface area contributed by atoms with Gasteiger partial charge in [-0.15, -0.1) is 0 Å². The molecule has 0 saturated heterocycles. The summed E-state index contributed by atoms with van der Waals surface area (Å²) in [5.74, 6) is -0.708. The molecule has 0 aliphatic heterocycles. The first-order chi connectivity index (χ1) is 16.5. The molecule has 0 aromatic heterocycles. The third-order valence-electron chi connectivity index (χ3n) is 5.73. The van der Waals surface area contributed by atoms with E-state index in [1.807, 2.05) is 30.3 Å². The summed E-state index contributed by atoms with van der Waals surface area (Å²) in [6.45, 7) is 2.26. The van der Waals surface area contributed by atoms with Gasteiger partial charge in [-0.1, -0.05) is 54.6 Å². The molecule has 1 atom stereocenters. The molecule has 0 amide bonds. The van der Waals surface area contributed by atoms with E-state index < -0.39 is 7.92 Å². The maximum atomic E-state index is 11.8. The largest absolute Gasteiger partial charge is 0.465 e. The second-order valence-electron chi connectivity index (χ2n) is 7.80. The van der Waals surface area contributed by atoms with Crippen LogP contribution in [0.1, 0.15) is 20.7 Å². The maximum Gasteiger partial charge on any atom is 0.337 e. The lowest BCUT2D eigenvalue weighted by Crippen LogP contribution is -2.11. The van der Waals surface area contributed by atoms with Crippen LogP contribution in [0.25, 0.3) is 22.3 Å². The van der Waals surface area contributed by atoms with E-state index in [0.29, 0.717) is 11.1 Å². The number of carbonyl (C=O) groups excluding carboxylic acids is 2. The van der Waals surface area contributed by atoms with Gasteiger partial charge in [0.1, 0.15) is 0 Å². The molecule has 4 aromatic rings. The van der Waals surface area contributed by atoms with Crippen molar-refractivity contribution in [2.45, 2.75) is 0 Å². The number of hydrogen-bond acceptors (Lipinski definition) is 4. The summed E-state index contributed by atoms with van der Waals surface area (Å²) in [7, 11) is 2.19. The first kappa shape index (κ1) is 23.4. The van der Waals surface area contributed by atoms with E-state index in [4.69, 9.17) is 9.47 Å². The minimum absolute atomic E-state index is 0.354. The topological polar surface area (TPSA) is 52.6 Å². The van der Waals surface area contributed by atoms with E-state index in [1.165, 1.54) is 24.8 Å². The third kappa shape index (κ3) is 5.08. The zero-order valence-electron chi connectivity index (χ0n) is 19.3. The fourth-order valence-corrected chi connectivity index (χ4v) is 5.36. The van der Waals surface area contributed by atoms with Gasteiger partial charge in [0, 0.05) is 0 Å². The normalized spacial score (nSPS) is 11.5. The lowest BCUT2D eigenvalue weighted by atomic mass is 9.97. The zero-order valence-corrected chi connectivity index (χ0v) is 20.2. The van der Waals surface area contributed by atoms with Crippen LogP contribution in [0, 0.1) is 0 Å². The van der Waals surface area contributed by atoms with Crippen molar-refractivity contribution in [3.05, 3.63) is 108 Å². The molecule has 34 heavy (non-hydrogen) atoms. The molecule has 0 aliphatic carbocycles. The van der Waals surface area contributed by atoms with Gasteiger partial charge in [0.15, 0.2) is 0 Å². The molecule has 4 aromatic carbocycles. The quantitative estimate of drug-likeness (QED) is 0.271. The van der Waals surface area contributed by atoms with E-state index in [2.05, 4.69) is 49.1 Å². The van der Waals surface area contributed by atoms with Crippen molar-refractivity contribution in [3.8, 4) is 22.3 Å². The molecule has 0 radical (unpaired) electrons. The lowest BCUT2D eigenvalue weighted by molar-refractivity contribution is 0.0592. The van der Waals surface area contributed by atoms with Gasteiger partial charge >= 0.3 is 11.9 Å². The van der Waals surface area contributed by atoms with Crippen LogP contribution < -0.4 is 10.6 Å². The fourth-order valence-electron chi connectivity index (χ4n) is 3.77. The second kappa shape index (κ2) is 10.5. The van der Waals surface area contributed by atoms with Gasteiger partial charge in [0.05, 0.1) is 25.3 Å². The van der Waals surface area contributed by atoms with Crippen LogP contribution >= 0.6 is 7.92 Å². The minimum Gasteiger partial charge on any atom is -0.465 e. The van der Waals surface area contributed by atoms with Gasteiger partial charge in [-0.05, 0) is 89.9 Å². The predicted molar refractivity (Wildman–Crippen MR) is 139 cm³/mol. The standard InChI is InChI=1S/C29H25O4P/c1-32-28(30)22-13-9-20(10-14-22)24-17-25(21-11-15-23(16-12-21)29(31)33-2)19-27(18-24)34(3)26-7-5-4-6-8-26/h4-19H,1-3H3. The van der Waals surface area contributed by atoms with Crippen molar-refractivity contribution in [3.63, 3.8) is 0 Å². The highest BCUT2D eigenvalue weighted by Crippen LogP contribution is 2.34. The zero-order chi connectivity index (χ0) is 24.1. The average molecular weight is 468 g/mol. The first-order valence-corrected chi connectivity index (χ1v) is 12.6. The van der Waals surface area contributed by atoms with E-state index in [1.54, 1.807) is 24.3 Å². The van der Waals surface area contributed by atoms with Crippen LogP contribution in [0.5, 0.6) is 0 Å². The van der Waals surface area contributed by atoms with Crippen molar-refractivity contribution in [2.24, 2.45) is 0 Å². The molecule has 4 rings (SSSR count). The molecule has 0 N–H and O–H groups in total. The molecule has 1 unspecified atom stereocenters. The SMILES string of the molecule is COC(=O)c1ccc(-c2cc(-c3ccc(C(=O)OC)cc3)cc(P(C)c3ccccc3)c2)cc1. The summed E-state index contributed by atoms with van der Waals surface area (Å²) in [6.07, 6.45) is 0. The number of esters is 2. The molecular formula is C29H25O4P. The monoisotopic (exact) mass is 468 g/mol. The molecule has 170 valence electrons. The van der Waals surface area contributed by atoms with Crippen molar-refractivity contribution in [2.75, 3.05) is 20.9 Å². The van der Waals surface area contributed by atoms with E-state index in [9.17, 15) is 9.59 Å². The summed E-state index contributed by atoms with van der Waals surface area (Å²) >= 11 is 0. The molecular weight excluding hydrogens is 443 g/mol. The molecule has 0 saturated carbocycles. The van der Waals surface area contributed by atoms with Crippen LogP contribution in [-0.4, -0.2) is 32.8 Å². The Labute approximate surface area is 200 Å². The predicted octanol–water partition coefficient (Wildman–Crippen LogP) is 5.66. The molecule has 5 heteroatoms. The lowest BCUT2D eigenvalue weighted by Gasteiger charge is -2.17. The van der Waals surface area contributed by atoms with Crippen molar-refractivity contribution in [1.82, 2.24) is 0 Å². The Bertz CT molecular complexity index is 1220. The molecule has 0 fully saturated rings. The number of ether oxygens (including phenoxy) is 2. The second-order valence-corrected chi connectivity index (χ2v) is 9.95. The van der Waals surface area contributed by atoms with Gasteiger partial charge < -0.3 is 9.47 Å². The van der Waals surface area contributed by atoms with Crippen LogP contribution in [-0.2, 0) is 9.47 Å². The highest BCUT2D eigenvalue weighted by atomic mass is 31.1. The van der Waals surface area contributed by atoms with Gasteiger partial charge in [0.2, 0.25) is 0 Å². The highest BCUT2D eigenvalue weighted by Gasteiger charge is 2.14. The molecule has 0 spiro atoms. The highest BCUT2D eigenvalue weighted by molar-refractivity contribution is 7.72. The molecule has 0 heterocycles. The maximum absolute atomic E-state index is 11.8. The van der Waals surface area contributed by atoms with Crippen LogP contribution in [0.4, 0.5) is 0 Å². The fraction of sp³-hybridized carbons (Fsp3) is 0.103. The van der Waals surface area contributed by atoms with Crippen LogP contribution in [0.3, 0.4) is 0 Å². The van der Waals surface area contributed by atoms with Gasteiger partial charge in [-0.3, -0.25) is 0 Å². The Morgan fingerprint density at radius 2 is 1.00 bits per heavy atom. The van der Waals surface area contributed by atoms with Crippen LogP contribution in [0.15, 0.2) is 97.1 Å². The first-order valence-electron chi connectivity index (χ1n) is 10.8.